The monoisotopic (exact) mass is 324 g/mol. The van der Waals surface area contributed by atoms with Gasteiger partial charge in [-0.2, -0.15) is 5.10 Å². The maximum atomic E-state index is 11.1. The summed E-state index contributed by atoms with van der Waals surface area (Å²) < 4.78 is 7.19. The molecule has 1 aromatic carbocycles. The van der Waals surface area contributed by atoms with Crippen molar-refractivity contribution in [2.24, 2.45) is 7.05 Å². The fourth-order valence-electron chi connectivity index (χ4n) is 1.79. The van der Waals surface area contributed by atoms with Gasteiger partial charge in [0, 0.05) is 12.6 Å². The highest BCUT2D eigenvalue weighted by Crippen LogP contribution is 2.31. The zero-order valence-electron chi connectivity index (χ0n) is 10.6. The Hall–Kier alpha value is -1.82. The van der Waals surface area contributed by atoms with E-state index in [1.54, 1.807) is 7.05 Å². The maximum absolute atomic E-state index is 11.1. The molecule has 1 N–H and O–H groups in total. The highest BCUT2D eigenvalue weighted by atomic mass is 79.9. The summed E-state index contributed by atoms with van der Waals surface area (Å²) in [6, 6.07) is 7.37. The summed E-state index contributed by atoms with van der Waals surface area (Å²) >= 11 is 3.29. The molecule has 0 fully saturated rings. The topological polar surface area (TPSA) is 64.4 Å². The van der Waals surface area contributed by atoms with Crippen molar-refractivity contribution in [2.75, 3.05) is 6.61 Å². The number of rotatable bonds is 4. The first-order chi connectivity index (χ1) is 9.04. The lowest BCUT2D eigenvalue weighted by Crippen LogP contribution is -2.05. The third kappa shape index (κ3) is 2.63. The Bertz CT molecular complexity index is 605. The van der Waals surface area contributed by atoms with Gasteiger partial charge in [0.25, 0.3) is 0 Å². The van der Waals surface area contributed by atoms with Crippen molar-refractivity contribution in [3.63, 3.8) is 0 Å². The first-order valence-electron chi connectivity index (χ1n) is 5.73. The van der Waals surface area contributed by atoms with Crippen molar-refractivity contribution < 1.29 is 14.6 Å². The van der Waals surface area contributed by atoms with Crippen LogP contribution in [0.25, 0.3) is 11.3 Å². The molecule has 0 aliphatic rings. The standard InChI is InChI=1S/C13H13BrN2O3/c1-3-19-9-6-4-8(5-7-9)11-10(14)12(13(17)18)16(2)15-11/h4-7H,3H2,1-2H3,(H,17,18). The molecule has 0 radical (unpaired) electrons. The summed E-state index contributed by atoms with van der Waals surface area (Å²) in [7, 11) is 1.60. The summed E-state index contributed by atoms with van der Waals surface area (Å²) in [4.78, 5) is 11.1. The second kappa shape index (κ2) is 5.44. The predicted molar refractivity (Wildman–Crippen MR) is 74.5 cm³/mol. The zero-order chi connectivity index (χ0) is 14.0. The summed E-state index contributed by atoms with van der Waals surface area (Å²) in [5, 5.41) is 13.3. The third-order valence-corrected chi connectivity index (χ3v) is 3.38. The van der Waals surface area contributed by atoms with Crippen LogP contribution in [0.5, 0.6) is 5.75 Å². The van der Waals surface area contributed by atoms with Gasteiger partial charge in [0.05, 0.1) is 11.1 Å². The molecule has 0 spiro atoms. The molecule has 2 rings (SSSR count). The summed E-state index contributed by atoms with van der Waals surface area (Å²) in [5.41, 5.74) is 1.56. The van der Waals surface area contributed by atoms with Gasteiger partial charge < -0.3 is 9.84 Å². The van der Waals surface area contributed by atoms with Gasteiger partial charge in [0.1, 0.15) is 11.4 Å². The van der Waals surface area contributed by atoms with Crippen LogP contribution in [0.3, 0.4) is 0 Å². The van der Waals surface area contributed by atoms with Crippen LogP contribution < -0.4 is 4.74 Å². The van der Waals surface area contributed by atoms with Crippen molar-refractivity contribution in [3.05, 3.63) is 34.4 Å². The Balaban J connectivity index is 2.42. The number of hydrogen-bond donors (Lipinski definition) is 1. The Labute approximate surface area is 118 Å². The molecule has 0 amide bonds. The molecule has 0 unspecified atom stereocenters. The molecule has 5 nitrogen and oxygen atoms in total. The van der Waals surface area contributed by atoms with Crippen LogP contribution in [0.2, 0.25) is 0 Å². The van der Waals surface area contributed by atoms with Crippen molar-refractivity contribution in [1.29, 1.82) is 0 Å². The maximum Gasteiger partial charge on any atom is 0.355 e. The zero-order valence-corrected chi connectivity index (χ0v) is 12.1. The molecular weight excluding hydrogens is 312 g/mol. The highest BCUT2D eigenvalue weighted by molar-refractivity contribution is 9.10. The van der Waals surface area contributed by atoms with E-state index in [-0.39, 0.29) is 5.69 Å². The summed E-state index contributed by atoms with van der Waals surface area (Å²) in [6.07, 6.45) is 0. The lowest BCUT2D eigenvalue weighted by Gasteiger charge is -2.03. The van der Waals surface area contributed by atoms with Gasteiger partial charge in [0.2, 0.25) is 0 Å². The smallest absolute Gasteiger partial charge is 0.355 e. The lowest BCUT2D eigenvalue weighted by atomic mass is 10.1. The molecule has 100 valence electrons. The van der Waals surface area contributed by atoms with E-state index in [1.807, 2.05) is 31.2 Å². The molecule has 0 aliphatic heterocycles. The minimum absolute atomic E-state index is 0.129. The van der Waals surface area contributed by atoms with Crippen molar-refractivity contribution >= 4 is 21.9 Å². The number of hydrogen-bond acceptors (Lipinski definition) is 3. The van der Waals surface area contributed by atoms with Crippen LogP contribution >= 0.6 is 15.9 Å². The molecule has 1 aromatic heterocycles. The Morgan fingerprint density at radius 3 is 2.53 bits per heavy atom. The molecule has 6 heteroatoms. The van der Waals surface area contributed by atoms with E-state index in [9.17, 15) is 4.79 Å². The number of carbonyl (C=O) groups is 1. The van der Waals surface area contributed by atoms with E-state index >= 15 is 0 Å². The Kier molecular flexibility index (Phi) is 3.90. The molecule has 0 atom stereocenters. The quantitative estimate of drug-likeness (QED) is 0.939. The first kappa shape index (κ1) is 13.6. The van der Waals surface area contributed by atoms with Gasteiger partial charge in [-0.25, -0.2) is 4.79 Å². The molecule has 1 heterocycles. The lowest BCUT2D eigenvalue weighted by molar-refractivity contribution is 0.0684. The Morgan fingerprint density at radius 2 is 2.05 bits per heavy atom. The van der Waals surface area contributed by atoms with Crippen molar-refractivity contribution in [3.8, 4) is 17.0 Å². The average molecular weight is 325 g/mol. The van der Waals surface area contributed by atoms with E-state index in [4.69, 9.17) is 9.84 Å². The van der Waals surface area contributed by atoms with E-state index in [1.165, 1.54) is 4.68 Å². The highest BCUT2D eigenvalue weighted by Gasteiger charge is 2.20. The van der Waals surface area contributed by atoms with E-state index < -0.39 is 5.97 Å². The normalized spacial score (nSPS) is 10.5. The fourth-order valence-corrected chi connectivity index (χ4v) is 2.52. The van der Waals surface area contributed by atoms with E-state index in [0.29, 0.717) is 16.8 Å². The van der Waals surface area contributed by atoms with Crippen LogP contribution in [-0.2, 0) is 7.05 Å². The van der Waals surface area contributed by atoms with Gasteiger partial charge in [-0.05, 0) is 47.1 Å². The van der Waals surface area contributed by atoms with Gasteiger partial charge in [-0.3, -0.25) is 4.68 Å². The second-order valence-electron chi connectivity index (χ2n) is 3.90. The number of ether oxygens (including phenoxy) is 1. The number of carboxylic acid groups (broad SMARTS) is 1. The number of aryl methyl sites for hydroxylation is 1. The minimum Gasteiger partial charge on any atom is -0.494 e. The molecule has 0 saturated carbocycles. The molecule has 0 bridgehead atoms. The number of halogens is 1. The van der Waals surface area contributed by atoms with Gasteiger partial charge in [0.15, 0.2) is 5.69 Å². The number of carboxylic acids is 1. The van der Waals surface area contributed by atoms with Crippen LogP contribution in [-0.4, -0.2) is 27.5 Å². The van der Waals surface area contributed by atoms with Crippen molar-refractivity contribution in [1.82, 2.24) is 9.78 Å². The number of nitrogens with zero attached hydrogens (tertiary/aromatic N) is 2. The molecule has 2 aromatic rings. The molecule has 0 saturated heterocycles. The third-order valence-electron chi connectivity index (χ3n) is 2.63. The SMILES string of the molecule is CCOc1ccc(-c2nn(C)c(C(=O)O)c2Br)cc1. The van der Waals surface area contributed by atoms with Crippen LogP contribution in [0.15, 0.2) is 28.7 Å². The number of benzene rings is 1. The van der Waals surface area contributed by atoms with Gasteiger partial charge in [-0.1, -0.05) is 0 Å². The van der Waals surface area contributed by atoms with Crippen LogP contribution in [0, 0.1) is 0 Å². The van der Waals surface area contributed by atoms with Gasteiger partial charge >= 0.3 is 5.97 Å². The van der Waals surface area contributed by atoms with E-state index in [0.717, 1.165) is 11.3 Å². The summed E-state index contributed by atoms with van der Waals surface area (Å²) in [6.45, 7) is 2.53. The van der Waals surface area contributed by atoms with Gasteiger partial charge in [-0.15, -0.1) is 0 Å². The van der Waals surface area contributed by atoms with Crippen LogP contribution in [0.4, 0.5) is 0 Å². The van der Waals surface area contributed by atoms with Crippen molar-refractivity contribution in [2.45, 2.75) is 6.92 Å². The molecule has 19 heavy (non-hydrogen) atoms. The average Bonchev–Trinajstić information content (AvgIpc) is 2.66. The number of aromatic carboxylic acids is 1. The summed E-state index contributed by atoms with van der Waals surface area (Å²) in [5.74, 6) is -0.240. The Morgan fingerprint density at radius 1 is 1.42 bits per heavy atom. The molecular formula is C13H13BrN2O3. The number of aromatic nitrogens is 2. The second-order valence-corrected chi connectivity index (χ2v) is 4.69. The minimum atomic E-state index is -1.01. The van der Waals surface area contributed by atoms with Crippen LogP contribution in [0.1, 0.15) is 17.4 Å². The molecule has 0 aliphatic carbocycles. The fraction of sp³-hybridized carbons (Fsp3) is 0.231. The predicted octanol–water partition coefficient (Wildman–Crippen LogP) is 2.95. The van der Waals surface area contributed by atoms with E-state index in [2.05, 4.69) is 21.0 Å². The largest absolute Gasteiger partial charge is 0.494 e. The first-order valence-corrected chi connectivity index (χ1v) is 6.53.